The maximum atomic E-state index is 12.9. The van der Waals surface area contributed by atoms with E-state index in [0.29, 0.717) is 18.1 Å². The zero-order chi connectivity index (χ0) is 18.7. The predicted octanol–water partition coefficient (Wildman–Crippen LogP) is 3.41. The Morgan fingerprint density at radius 1 is 1.31 bits per heavy atom. The number of alkyl halides is 3. The van der Waals surface area contributed by atoms with Crippen LogP contribution >= 0.6 is 11.8 Å². The van der Waals surface area contributed by atoms with Gasteiger partial charge in [0.1, 0.15) is 0 Å². The van der Waals surface area contributed by atoms with Gasteiger partial charge in [0, 0.05) is 17.5 Å². The molecule has 144 valence electrons. The van der Waals surface area contributed by atoms with E-state index in [0.717, 1.165) is 56.2 Å². The lowest BCUT2D eigenvalue weighted by Gasteiger charge is -2.38. The number of benzene rings is 1. The smallest absolute Gasteiger partial charge is 0.379 e. The average molecular weight is 388 g/mol. The minimum Gasteiger partial charge on any atom is -0.379 e. The minimum absolute atomic E-state index is 0.147. The fraction of sp³-hybridized carbons (Fsp3) is 0.611. The molecule has 2 heterocycles. The van der Waals surface area contributed by atoms with E-state index in [2.05, 4.69) is 10.2 Å². The topological polar surface area (TPSA) is 41.6 Å². The second-order valence-electron chi connectivity index (χ2n) is 6.67. The third-order valence-corrected chi connectivity index (χ3v) is 5.80. The van der Waals surface area contributed by atoms with Gasteiger partial charge in [0.15, 0.2) is 0 Å². The van der Waals surface area contributed by atoms with Gasteiger partial charge in [-0.1, -0.05) is 0 Å². The molecule has 2 fully saturated rings. The third-order valence-electron chi connectivity index (χ3n) is 5.02. The average Bonchev–Trinajstić information content (AvgIpc) is 3.15. The first-order chi connectivity index (χ1) is 12.4. The molecule has 2 atom stereocenters. The van der Waals surface area contributed by atoms with Crippen LogP contribution in [-0.2, 0) is 10.9 Å². The van der Waals surface area contributed by atoms with Crippen molar-refractivity contribution in [2.45, 2.75) is 42.4 Å². The highest BCUT2D eigenvalue weighted by molar-refractivity contribution is 7.98. The molecule has 0 spiro atoms. The number of ether oxygens (including phenoxy) is 1. The Kier molecular flexibility index (Phi) is 6.14. The Labute approximate surface area is 155 Å². The lowest BCUT2D eigenvalue weighted by atomic mass is 10.0. The van der Waals surface area contributed by atoms with Crippen LogP contribution in [0.2, 0.25) is 0 Å². The number of carbonyl (C=O) groups is 1. The number of carbonyl (C=O) groups excluding carboxylic acids is 1. The van der Waals surface area contributed by atoms with Gasteiger partial charge in [-0.05, 0) is 56.8 Å². The van der Waals surface area contributed by atoms with Gasteiger partial charge >= 0.3 is 6.18 Å². The molecule has 2 aliphatic rings. The highest BCUT2D eigenvalue weighted by Gasteiger charge is 2.34. The van der Waals surface area contributed by atoms with Crippen LogP contribution in [0.3, 0.4) is 0 Å². The zero-order valence-electron chi connectivity index (χ0n) is 14.6. The molecule has 1 N–H and O–H groups in total. The summed E-state index contributed by atoms with van der Waals surface area (Å²) in [6.45, 7) is 3.15. The van der Waals surface area contributed by atoms with Gasteiger partial charge in [-0.15, -0.1) is 11.8 Å². The molecular weight excluding hydrogens is 365 g/mol. The van der Waals surface area contributed by atoms with Crippen LogP contribution in [0.1, 0.15) is 35.2 Å². The molecule has 2 saturated heterocycles. The summed E-state index contributed by atoms with van der Waals surface area (Å²) >= 11 is 1.14. The number of halogens is 3. The van der Waals surface area contributed by atoms with Gasteiger partial charge in [0.25, 0.3) is 5.91 Å². The van der Waals surface area contributed by atoms with Crippen LogP contribution in [0.25, 0.3) is 0 Å². The molecular formula is C18H23F3N2O2S. The van der Waals surface area contributed by atoms with E-state index in [1.54, 1.807) is 6.26 Å². The van der Waals surface area contributed by atoms with Crippen molar-refractivity contribution in [3.63, 3.8) is 0 Å². The standard InChI is InChI=1S/C18H23F3N2O2S/c1-26-16-10-12(18(19,20)21)4-5-13(16)17(24)22-14-11-25-9-6-15(14)23-7-2-3-8-23/h4-5,10,14-15H,2-3,6-9,11H2,1H3,(H,22,24). The number of hydrogen-bond acceptors (Lipinski definition) is 4. The highest BCUT2D eigenvalue weighted by atomic mass is 32.2. The Balaban J connectivity index is 1.76. The lowest BCUT2D eigenvalue weighted by molar-refractivity contribution is -0.137. The normalized spacial score (nSPS) is 24.6. The number of likely N-dealkylation sites (tertiary alicyclic amines) is 1. The van der Waals surface area contributed by atoms with Crippen molar-refractivity contribution in [2.75, 3.05) is 32.6 Å². The number of hydrogen-bond donors (Lipinski definition) is 1. The van der Waals surface area contributed by atoms with Crippen LogP contribution < -0.4 is 5.32 Å². The number of thioether (sulfide) groups is 1. The molecule has 4 nitrogen and oxygen atoms in total. The van der Waals surface area contributed by atoms with Gasteiger partial charge in [-0.25, -0.2) is 0 Å². The first kappa shape index (κ1) is 19.5. The van der Waals surface area contributed by atoms with Gasteiger partial charge in [-0.2, -0.15) is 13.2 Å². The van der Waals surface area contributed by atoms with Crippen molar-refractivity contribution >= 4 is 17.7 Å². The van der Waals surface area contributed by atoms with Gasteiger partial charge in [0.2, 0.25) is 0 Å². The van der Waals surface area contributed by atoms with E-state index < -0.39 is 11.7 Å². The molecule has 1 amide bonds. The quantitative estimate of drug-likeness (QED) is 0.803. The molecule has 0 radical (unpaired) electrons. The molecule has 0 aliphatic carbocycles. The molecule has 26 heavy (non-hydrogen) atoms. The molecule has 1 aromatic carbocycles. The van der Waals surface area contributed by atoms with Gasteiger partial charge in [0.05, 0.1) is 23.8 Å². The van der Waals surface area contributed by atoms with Crippen LogP contribution in [0, 0.1) is 0 Å². The Bertz CT molecular complexity index is 648. The largest absolute Gasteiger partial charge is 0.416 e. The second-order valence-corrected chi connectivity index (χ2v) is 7.51. The molecule has 8 heteroatoms. The minimum atomic E-state index is -4.42. The van der Waals surface area contributed by atoms with E-state index in [1.807, 2.05) is 0 Å². The third kappa shape index (κ3) is 4.35. The highest BCUT2D eigenvalue weighted by Crippen LogP contribution is 2.33. The number of amides is 1. The lowest BCUT2D eigenvalue weighted by Crippen LogP contribution is -2.56. The molecule has 0 saturated carbocycles. The Morgan fingerprint density at radius 2 is 2.04 bits per heavy atom. The summed E-state index contributed by atoms with van der Waals surface area (Å²) in [7, 11) is 0. The summed E-state index contributed by atoms with van der Waals surface area (Å²) in [5, 5.41) is 2.99. The van der Waals surface area contributed by atoms with E-state index in [1.165, 1.54) is 6.07 Å². The van der Waals surface area contributed by atoms with Crippen molar-refractivity contribution in [1.29, 1.82) is 0 Å². The van der Waals surface area contributed by atoms with E-state index in [-0.39, 0.29) is 23.6 Å². The van der Waals surface area contributed by atoms with Crippen molar-refractivity contribution < 1.29 is 22.7 Å². The predicted molar refractivity (Wildman–Crippen MR) is 94.5 cm³/mol. The van der Waals surface area contributed by atoms with Gasteiger partial charge in [-0.3, -0.25) is 9.69 Å². The van der Waals surface area contributed by atoms with Crippen LogP contribution in [-0.4, -0.2) is 55.4 Å². The Hall–Kier alpha value is -1.25. The van der Waals surface area contributed by atoms with Crippen LogP contribution in [0.4, 0.5) is 13.2 Å². The van der Waals surface area contributed by atoms with Crippen molar-refractivity contribution in [3.05, 3.63) is 29.3 Å². The van der Waals surface area contributed by atoms with E-state index in [4.69, 9.17) is 4.74 Å². The molecule has 2 aliphatic heterocycles. The van der Waals surface area contributed by atoms with E-state index in [9.17, 15) is 18.0 Å². The Morgan fingerprint density at radius 3 is 2.69 bits per heavy atom. The monoisotopic (exact) mass is 388 g/mol. The molecule has 0 aromatic heterocycles. The number of nitrogens with one attached hydrogen (secondary N) is 1. The summed E-state index contributed by atoms with van der Waals surface area (Å²) in [4.78, 5) is 15.4. The van der Waals surface area contributed by atoms with E-state index >= 15 is 0 Å². The van der Waals surface area contributed by atoms with Crippen molar-refractivity contribution in [2.24, 2.45) is 0 Å². The van der Waals surface area contributed by atoms with Crippen molar-refractivity contribution in [3.8, 4) is 0 Å². The summed E-state index contributed by atoms with van der Waals surface area (Å²) < 4.78 is 44.2. The SMILES string of the molecule is CSc1cc(C(F)(F)F)ccc1C(=O)NC1COCCC1N1CCCC1. The van der Waals surface area contributed by atoms with Crippen molar-refractivity contribution in [1.82, 2.24) is 10.2 Å². The maximum absolute atomic E-state index is 12.9. The molecule has 0 bridgehead atoms. The summed E-state index contributed by atoms with van der Waals surface area (Å²) in [5.41, 5.74) is -0.467. The second kappa shape index (κ2) is 8.19. The first-order valence-electron chi connectivity index (χ1n) is 8.78. The fourth-order valence-corrected chi connectivity index (χ4v) is 4.30. The number of rotatable bonds is 4. The number of nitrogens with zero attached hydrogens (tertiary/aromatic N) is 1. The molecule has 2 unspecified atom stereocenters. The first-order valence-corrected chi connectivity index (χ1v) is 10.0. The fourth-order valence-electron chi connectivity index (χ4n) is 3.68. The summed E-state index contributed by atoms with van der Waals surface area (Å²) in [5.74, 6) is -0.345. The molecule has 1 aromatic rings. The zero-order valence-corrected chi connectivity index (χ0v) is 15.5. The van der Waals surface area contributed by atoms with Gasteiger partial charge < -0.3 is 10.1 Å². The maximum Gasteiger partial charge on any atom is 0.416 e. The van der Waals surface area contributed by atoms with Crippen LogP contribution in [0.15, 0.2) is 23.1 Å². The summed E-state index contributed by atoms with van der Waals surface area (Å²) in [6, 6.07) is 3.34. The molecule has 3 rings (SSSR count). The summed E-state index contributed by atoms with van der Waals surface area (Å²) in [6.07, 6.45) is 0.426. The van der Waals surface area contributed by atoms with Crippen LogP contribution in [0.5, 0.6) is 0 Å².